The quantitative estimate of drug-likeness (QED) is 0.419. The SMILES string of the molecule is CC(=NC1CC(C)(C)N(C)C(C)(C)C1)Nc1cnc(-c2cc(F)c3nn(C)cc3c2)cc1C. The van der Waals surface area contributed by atoms with Gasteiger partial charge in [0.05, 0.1) is 29.5 Å². The van der Waals surface area contributed by atoms with Gasteiger partial charge in [-0.05, 0) is 85.2 Å². The molecule has 7 heteroatoms. The lowest BCUT2D eigenvalue weighted by atomic mass is 9.78. The zero-order chi connectivity index (χ0) is 24.1. The zero-order valence-corrected chi connectivity index (χ0v) is 21.0. The normalized spacial score (nSPS) is 19.2. The number of pyridine rings is 1. The van der Waals surface area contributed by atoms with Crippen LogP contribution in [0.1, 0.15) is 53.0 Å². The molecule has 1 aliphatic rings. The van der Waals surface area contributed by atoms with Crippen LogP contribution in [0.4, 0.5) is 10.1 Å². The highest BCUT2D eigenvalue weighted by atomic mass is 19.1. The van der Waals surface area contributed by atoms with Crippen molar-refractivity contribution in [1.82, 2.24) is 19.7 Å². The molecule has 0 radical (unpaired) electrons. The summed E-state index contributed by atoms with van der Waals surface area (Å²) < 4.78 is 16.1. The Morgan fingerprint density at radius 2 is 1.79 bits per heavy atom. The molecule has 2 aromatic heterocycles. The maximum atomic E-state index is 14.5. The van der Waals surface area contributed by atoms with Crippen molar-refractivity contribution in [2.75, 3.05) is 12.4 Å². The van der Waals surface area contributed by atoms with E-state index in [9.17, 15) is 4.39 Å². The molecule has 0 saturated carbocycles. The summed E-state index contributed by atoms with van der Waals surface area (Å²) in [6.07, 6.45) is 5.66. The summed E-state index contributed by atoms with van der Waals surface area (Å²) >= 11 is 0. The number of piperidine rings is 1. The second kappa shape index (κ2) is 8.20. The number of nitrogens with zero attached hydrogens (tertiary/aromatic N) is 5. The molecule has 0 amide bonds. The number of rotatable bonds is 3. The molecule has 3 heterocycles. The van der Waals surface area contributed by atoms with Crippen LogP contribution in [0.25, 0.3) is 22.2 Å². The van der Waals surface area contributed by atoms with E-state index in [0.29, 0.717) is 5.52 Å². The van der Waals surface area contributed by atoms with E-state index in [4.69, 9.17) is 4.99 Å². The van der Waals surface area contributed by atoms with Gasteiger partial charge in [-0.1, -0.05) is 0 Å². The summed E-state index contributed by atoms with van der Waals surface area (Å²) in [5.41, 5.74) is 3.99. The highest BCUT2D eigenvalue weighted by molar-refractivity contribution is 5.94. The molecule has 176 valence electrons. The number of nitrogens with one attached hydrogen (secondary N) is 1. The third-order valence-electron chi connectivity index (χ3n) is 7.06. The number of likely N-dealkylation sites (tertiary alicyclic amines) is 1. The third kappa shape index (κ3) is 4.64. The minimum atomic E-state index is -0.336. The molecule has 33 heavy (non-hydrogen) atoms. The predicted molar refractivity (Wildman–Crippen MR) is 134 cm³/mol. The van der Waals surface area contributed by atoms with E-state index in [0.717, 1.165) is 46.6 Å². The number of amidine groups is 1. The predicted octanol–water partition coefficient (Wildman–Crippen LogP) is 5.56. The van der Waals surface area contributed by atoms with E-state index in [1.807, 2.05) is 32.2 Å². The molecule has 6 nitrogen and oxygen atoms in total. The summed E-state index contributed by atoms with van der Waals surface area (Å²) in [5, 5.41) is 8.37. The van der Waals surface area contributed by atoms with Gasteiger partial charge in [0.2, 0.25) is 0 Å². The number of anilines is 1. The third-order valence-corrected chi connectivity index (χ3v) is 7.06. The second-order valence-corrected chi connectivity index (χ2v) is 10.7. The van der Waals surface area contributed by atoms with Gasteiger partial charge >= 0.3 is 0 Å². The maximum Gasteiger partial charge on any atom is 0.151 e. The van der Waals surface area contributed by atoms with Crippen molar-refractivity contribution in [3.05, 3.63) is 42.0 Å². The van der Waals surface area contributed by atoms with Gasteiger partial charge in [-0.25, -0.2) is 4.39 Å². The molecule has 0 atom stereocenters. The number of halogens is 1. The molecule has 1 aromatic carbocycles. The largest absolute Gasteiger partial charge is 0.343 e. The average Bonchev–Trinajstić information content (AvgIpc) is 3.08. The van der Waals surface area contributed by atoms with Gasteiger partial charge < -0.3 is 5.32 Å². The van der Waals surface area contributed by atoms with Gasteiger partial charge in [0.1, 0.15) is 5.52 Å². The van der Waals surface area contributed by atoms with Crippen LogP contribution in [0, 0.1) is 12.7 Å². The van der Waals surface area contributed by atoms with Crippen molar-refractivity contribution >= 4 is 22.4 Å². The molecular weight excluding hydrogens is 415 g/mol. The summed E-state index contributed by atoms with van der Waals surface area (Å²) in [6, 6.07) is 5.67. The molecule has 0 bridgehead atoms. The lowest BCUT2D eigenvalue weighted by Gasteiger charge is -2.52. The van der Waals surface area contributed by atoms with Crippen LogP contribution in [-0.4, -0.2) is 49.7 Å². The minimum Gasteiger partial charge on any atom is -0.343 e. The molecule has 1 fully saturated rings. The first kappa shape index (κ1) is 23.4. The van der Waals surface area contributed by atoms with E-state index in [-0.39, 0.29) is 22.9 Å². The van der Waals surface area contributed by atoms with Crippen molar-refractivity contribution in [2.24, 2.45) is 12.0 Å². The summed E-state index contributed by atoms with van der Waals surface area (Å²) in [4.78, 5) is 12.1. The Hall–Kier alpha value is -2.80. The summed E-state index contributed by atoms with van der Waals surface area (Å²) in [7, 11) is 4.00. The van der Waals surface area contributed by atoms with E-state index >= 15 is 0 Å². The number of aryl methyl sites for hydroxylation is 2. The highest BCUT2D eigenvalue weighted by Gasteiger charge is 2.42. The zero-order valence-electron chi connectivity index (χ0n) is 21.0. The van der Waals surface area contributed by atoms with Gasteiger partial charge in [0.25, 0.3) is 0 Å². The van der Waals surface area contributed by atoms with E-state index in [2.05, 4.69) is 55.0 Å². The molecule has 0 spiro atoms. The van der Waals surface area contributed by atoms with Crippen molar-refractivity contribution in [2.45, 2.75) is 71.5 Å². The van der Waals surface area contributed by atoms with Crippen LogP contribution in [0.3, 0.4) is 0 Å². The van der Waals surface area contributed by atoms with Crippen molar-refractivity contribution < 1.29 is 4.39 Å². The van der Waals surface area contributed by atoms with E-state index in [1.165, 1.54) is 6.07 Å². The van der Waals surface area contributed by atoms with Gasteiger partial charge in [-0.3, -0.25) is 19.6 Å². The Morgan fingerprint density at radius 3 is 2.42 bits per heavy atom. The number of hydrogen-bond donors (Lipinski definition) is 1. The van der Waals surface area contributed by atoms with Crippen molar-refractivity contribution in [1.29, 1.82) is 0 Å². The van der Waals surface area contributed by atoms with Crippen molar-refractivity contribution in [3.8, 4) is 11.3 Å². The number of aromatic nitrogens is 3. The number of benzene rings is 1. The highest BCUT2D eigenvalue weighted by Crippen LogP contribution is 2.38. The smallest absolute Gasteiger partial charge is 0.151 e. The van der Waals surface area contributed by atoms with Crippen molar-refractivity contribution in [3.63, 3.8) is 0 Å². The lowest BCUT2D eigenvalue weighted by molar-refractivity contribution is -0.0107. The molecule has 0 aliphatic carbocycles. The summed E-state index contributed by atoms with van der Waals surface area (Å²) in [5.74, 6) is 0.549. The van der Waals surface area contributed by atoms with Crippen LogP contribution in [0.5, 0.6) is 0 Å². The Labute approximate surface area is 195 Å². The number of hydrogen-bond acceptors (Lipinski definition) is 4. The van der Waals surface area contributed by atoms with E-state index in [1.54, 1.807) is 17.9 Å². The fraction of sp³-hybridized carbons (Fsp3) is 0.500. The standard InChI is InChI=1S/C26H35FN6/c1-16-9-22(18-10-19-15-32(7)31-24(19)21(27)11-18)28-14-23(16)30-17(2)29-20-12-25(3,4)33(8)26(5,6)13-20/h9-11,14-15,20H,12-13H2,1-8H3,(H,29,30). The Bertz CT molecular complexity index is 1200. The molecule has 1 N–H and O–H groups in total. The van der Waals surface area contributed by atoms with Gasteiger partial charge in [0.15, 0.2) is 5.82 Å². The molecule has 4 rings (SSSR count). The first-order chi connectivity index (χ1) is 15.4. The first-order valence-electron chi connectivity index (χ1n) is 11.5. The average molecular weight is 451 g/mol. The van der Waals surface area contributed by atoms with E-state index < -0.39 is 0 Å². The fourth-order valence-electron chi connectivity index (χ4n) is 5.12. The second-order valence-electron chi connectivity index (χ2n) is 10.7. The lowest BCUT2D eigenvalue weighted by Crippen LogP contribution is -2.59. The number of fused-ring (bicyclic) bond motifs is 1. The van der Waals surface area contributed by atoms with Crippen LogP contribution in [0.2, 0.25) is 0 Å². The Morgan fingerprint density at radius 1 is 1.12 bits per heavy atom. The molecular formula is C26H35FN6. The number of aliphatic imine (C=N–C) groups is 1. The van der Waals surface area contributed by atoms with Gasteiger partial charge in [-0.2, -0.15) is 5.10 Å². The molecule has 1 aliphatic heterocycles. The van der Waals surface area contributed by atoms with Crippen LogP contribution in [-0.2, 0) is 7.05 Å². The molecule has 1 saturated heterocycles. The Balaban J connectivity index is 1.54. The summed E-state index contributed by atoms with van der Waals surface area (Å²) in [6.45, 7) is 13.2. The first-order valence-corrected chi connectivity index (χ1v) is 11.5. The molecule has 0 unspecified atom stereocenters. The Kier molecular flexibility index (Phi) is 5.81. The molecule has 3 aromatic rings. The van der Waals surface area contributed by atoms with Gasteiger partial charge in [0, 0.05) is 35.3 Å². The topological polar surface area (TPSA) is 58.3 Å². The van der Waals surface area contributed by atoms with Crippen LogP contribution >= 0.6 is 0 Å². The fourth-order valence-corrected chi connectivity index (χ4v) is 5.12. The van der Waals surface area contributed by atoms with Gasteiger partial charge in [-0.15, -0.1) is 0 Å². The minimum absolute atomic E-state index is 0.0972. The maximum absolute atomic E-state index is 14.5. The van der Waals surface area contributed by atoms with Crippen LogP contribution < -0.4 is 5.32 Å². The van der Waals surface area contributed by atoms with Crippen LogP contribution in [0.15, 0.2) is 35.6 Å². The monoisotopic (exact) mass is 450 g/mol.